The van der Waals surface area contributed by atoms with Crippen molar-refractivity contribution in [2.75, 3.05) is 27.3 Å². The van der Waals surface area contributed by atoms with Crippen LogP contribution in [0.3, 0.4) is 0 Å². The molecule has 13 heteroatoms. The fraction of sp³-hybridized carbons (Fsp3) is 0.458. The number of hydrogen-bond donors (Lipinski definition) is 2. The zero-order valence-electron chi connectivity index (χ0n) is 36.1. The number of alkyl carbamates (subject to hydrolysis) is 2. The molecule has 320 valence electrons. The van der Waals surface area contributed by atoms with Gasteiger partial charge in [0.2, 0.25) is 11.8 Å². The van der Waals surface area contributed by atoms with E-state index in [0.717, 1.165) is 92.8 Å². The van der Waals surface area contributed by atoms with Gasteiger partial charge in [0.1, 0.15) is 23.6 Å². The number of fused-ring (bicyclic) bond motifs is 4. The number of nitrogens with zero attached hydrogens (tertiary/aromatic N) is 4. The van der Waals surface area contributed by atoms with Crippen LogP contribution in [0, 0.1) is 11.8 Å². The first-order chi connectivity index (χ1) is 29.4. The van der Waals surface area contributed by atoms with Crippen LogP contribution in [-0.2, 0) is 19.1 Å². The van der Waals surface area contributed by atoms with Gasteiger partial charge in [0.05, 0.1) is 26.3 Å². The van der Waals surface area contributed by atoms with Crippen molar-refractivity contribution in [2.45, 2.75) is 103 Å². The average Bonchev–Trinajstić information content (AvgIpc) is 4.10. The van der Waals surface area contributed by atoms with Gasteiger partial charge in [-0.25, -0.2) is 9.59 Å². The molecular weight excluding hydrogens is 773 g/mol. The molecule has 0 spiro atoms. The van der Waals surface area contributed by atoms with E-state index in [1.165, 1.54) is 14.2 Å². The van der Waals surface area contributed by atoms with Crippen molar-refractivity contribution >= 4 is 57.3 Å². The molecule has 5 aliphatic rings. The molecule has 5 heterocycles. The van der Waals surface area contributed by atoms with Gasteiger partial charge in [0.25, 0.3) is 0 Å². The van der Waals surface area contributed by atoms with Gasteiger partial charge in [-0.05, 0) is 88.8 Å². The number of nitrogens with one attached hydrogen (secondary N) is 2. The van der Waals surface area contributed by atoms with Gasteiger partial charge in [-0.2, -0.15) is 0 Å². The summed E-state index contributed by atoms with van der Waals surface area (Å²) in [6.07, 6.45) is 7.35. The van der Waals surface area contributed by atoms with Crippen LogP contribution in [0.1, 0.15) is 101 Å². The fourth-order valence-corrected chi connectivity index (χ4v) is 9.69. The van der Waals surface area contributed by atoms with Crippen molar-refractivity contribution in [3.63, 3.8) is 0 Å². The zero-order chi connectivity index (χ0) is 43.1. The van der Waals surface area contributed by atoms with Crippen LogP contribution in [0.15, 0.2) is 70.9 Å². The highest BCUT2D eigenvalue weighted by atomic mass is 16.5. The molecule has 5 aliphatic heterocycles. The fourth-order valence-electron chi connectivity index (χ4n) is 9.69. The van der Waals surface area contributed by atoms with E-state index in [1.807, 2.05) is 49.9 Å². The van der Waals surface area contributed by atoms with E-state index in [0.29, 0.717) is 25.9 Å². The summed E-state index contributed by atoms with van der Waals surface area (Å²) in [6.45, 7) is 11.2. The molecule has 3 aromatic rings. The lowest BCUT2D eigenvalue weighted by Crippen LogP contribution is -2.53. The lowest BCUT2D eigenvalue weighted by atomic mass is 9.84. The smallest absolute Gasteiger partial charge is 0.407 e. The predicted molar refractivity (Wildman–Crippen MR) is 236 cm³/mol. The SMILES string of the molecule is COC(=O)N[C@H](C(=O)N1CCC[C@H]1C1=NC=C(c2ccc3c(c2)Oc2ccc4cc(C5=CN=C([C@@H]6CCCN6C(=O)[C@@H](NC(=O)OC)C(C)C)C5)ccc4c2C3C)C1)C(C)C. The first kappa shape index (κ1) is 41.7. The van der Waals surface area contributed by atoms with Crippen molar-refractivity contribution in [3.8, 4) is 11.5 Å². The molecule has 2 saturated heterocycles. The molecule has 8 rings (SSSR count). The van der Waals surface area contributed by atoms with Crippen LogP contribution in [0.4, 0.5) is 9.59 Å². The Labute approximate surface area is 357 Å². The minimum Gasteiger partial charge on any atom is -0.457 e. The number of carbonyl (C=O) groups excluding carboxylic acids is 4. The van der Waals surface area contributed by atoms with Crippen molar-refractivity contribution in [1.82, 2.24) is 20.4 Å². The minimum absolute atomic E-state index is 0.0899. The molecule has 3 aromatic carbocycles. The third-order valence-corrected chi connectivity index (χ3v) is 13.0. The van der Waals surface area contributed by atoms with Crippen LogP contribution in [0.2, 0.25) is 0 Å². The maximum absolute atomic E-state index is 13.7. The molecule has 4 amide bonds. The summed E-state index contributed by atoms with van der Waals surface area (Å²) in [5.74, 6) is 1.37. The topological polar surface area (TPSA) is 151 Å². The Balaban J connectivity index is 0.934. The molecule has 2 N–H and O–H groups in total. The second-order valence-electron chi connectivity index (χ2n) is 17.5. The van der Waals surface area contributed by atoms with Crippen LogP contribution in [0.5, 0.6) is 11.5 Å². The maximum atomic E-state index is 13.7. The van der Waals surface area contributed by atoms with Gasteiger partial charge >= 0.3 is 12.2 Å². The van der Waals surface area contributed by atoms with E-state index in [-0.39, 0.29) is 41.7 Å². The minimum atomic E-state index is -0.673. The van der Waals surface area contributed by atoms with Gasteiger partial charge in [0, 0.05) is 66.8 Å². The number of benzene rings is 3. The first-order valence-electron chi connectivity index (χ1n) is 21.6. The van der Waals surface area contributed by atoms with E-state index >= 15 is 0 Å². The molecule has 0 bridgehead atoms. The Morgan fingerprint density at radius 1 is 0.705 bits per heavy atom. The molecule has 2 fully saturated rings. The zero-order valence-corrected chi connectivity index (χ0v) is 36.1. The highest BCUT2D eigenvalue weighted by Gasteiger charge is 2.40. The van der Waals surface area contributed by atoms with Crippen LogP contribution in [0.25, 0.3) is 21.9 Å². The molecule has 61 heavy (non-hydrogen) atoms. The summed E-state index contributed by atoms with van der Waals surface area (Å²) in [5, 5.41) is 7.72. The van der Waals surface area contributed by atoms with Gasteiger partial charge in [-0.15, -0.1) is 0 Å². The molecular formula is C48H56N6O7. The standard InChI is InChI=1S/C48H56N6O7/c1-26(2)43(51-47(57)59-6)45(55)53-18-8-10-38(53)36-21-32(24-49-36)29-13-16-35-31(20-29)14-17-40-42(35)28(5)34-15-12-30(23-41(34)61-40)33-22-37(50-25-33)39-11-9-19-54(39)46(56)44(27(3)4)52-48(58)60-7/h12-17,20,23-28,38-39,43-44H,8-11,18-19,21-22H2,1-7H3,(H,51,57)(H,52,58)/t28?,38-,39-,43-,44-/m0/s1. The van der Waals surface area contributed by atoms with Crippen molar-refractivity contribution in [3.05, 3.63) is 83.2 Å². The maximum Gasteiger partial charge on any atom is 0.407 e. The Morgan fingerprint density at radius 3 is 1.75 bits per heavy atom. The average molecular weight is 829 g/mol. The molecule has 0 radical (unpaired) electrons. The number of carbonyl (C=O) groups is 4. The molecule has 0 aromatic heterocycles. The summed E-state index contributed by atoms with van der Waals surface area (Å²) in [6, 6.07) is 15.6. The van der Waals surface area contributed by atoms with E-state index in [9.17, 15) is 19.2 Å². The highest BCUT2D eigenvalue weighted by Crippen LogP contribution is 2.48. The summed E-state index contributed by atoms with van der Waals surface area (Å²) < 4.78 is 16.2. The van der Waals surface area contributed by atoms with Gasteiger partial charge in [-0.3, -0.25) is 19.6 Å². The van der Waals surface area contributed by atoms with Crippen molar-refractivity contribution in [1.29, 1.82) is 0 Å². The molecule has 1 unspecified atom stereocenters. The Morgan fingerprint density at radius 2 is 1.23 bits per heavy atom. The number of aliphatic imine (C=N–C) groups is 2. The number of allylic oxidation sites excluding steroid dienone is 2. The molecule has 0 saturated carbocycles. The number of methoxy groups -OCH3 is 2. The van der Waals surface area contributed by atoms with Crippen LogP contribution in [-0.4, -0.2) is 96.7 Å². The summed E-state index contributed by atoms with van der Waals surface area (Å²) in [7, 11) is 2.61. The van der Waals surface area contributed by atoms with Crippen LogP contribution < -0.4 is 15.4 Å². The largest absolute Gasteiger partial charge is 0.457 e. The number of rotatable bonds is 10. The van der Waals surface area contributed by atoms with Gasteiger partial charge in [-0.1, -0.05) is 65.0 Å². The van der Waals surface area contributed by atoms with Crippen molar-refractivity contribution < 1.29 is 33.4 Å². The van der Waals surface area contributed by atoms with Gasteiger partial charge < -0.3 is 34.6 Å². The number of hydrogen-bond acceptors (Lipinski definition) is 9. The lowest BCUT2D eigenvalue weighted by Gasteiger charge is -2.31. The van der Waals surface area contributed by atoms with E-state index in [1.54, 1.807) is 0 Å². The second kappa shape index (κ2) is 17.2. The monoisotopic (exact) mass is 828 g/mol. The number of amides is 4. The quantitative estimate of drug-likeness (QED) is 0.209. The molecule has 13 nitrogen and oxygen atoms in total. The lowest BCUT2D eigenvalue weighted by molar-refractivity contribution is -0.134. The Bertz CT molecular complexity index is 2400. The molecule has 0 aliphatic carbocycles. The number of likely N-dealkylation sites (tertiary alicyclic amines) is 2. The van der Waals surface area contributed by atoms with E-state index in [4.69, 9.17) is 24.2 Å². The van der Waals surface area contributed by atoms with Gasteiger partial charge in [0.15, 0.2) is 0 Å². The Kier molecular flexibility index (Phi) is 11.8. The van der Waals surface area contributed by atoms with E-state index < -0.39 is 24.3 Å². The van der Waals surface area contributed by atoms with Crippen molar-refractivity contribution in [2.24, 2.45) is 21.8 Å². The Hall–Kier alpha value is -5.98. The first-order valence-corrected chi connectivity index (χ1v) is 21.6. The normalized spacial score (nSPS) is 21.6. The van der Waals surface area contributed by atoms with E-state index in [2.05, 4.69) is 66.1 Å². The highest BCUT2D eigenvalue weighted by molar-refractivity contribution is 6.05. The molecule has 5 atom stereocenters. The summed E-state index contributed by atoms with van der Waals surface area (Å²) in [4.78, 5) is 64.9. The third kappa shape index (κ3) is 8.02. The summed E-state index contributed by atoms with van der Waals surface area (Å²) in [5.41, 5.74) is 8.53. The predicted octanol–water partition coefficient (Wildman–Crippen LogP) is 8.21. The van der Waals surface area contributed by atoms with Crippen LogP contribution >= 0.6 is 0 Å². The number of ether oxygens (including phenoxy) is 3. The second-order valence-corrected chi connectivity index (χ2v) is 17.5. The summed E-state index contributed by atoms with van der Waals surface area (Å²) >= 11 is 0. The third-order valence-electron chi connectivity index (χ3n) is 13.0.